The van der Waals surface area contributed by atoms with E-state index in [1.54, 1.807) is 0 Å². The van der Waals surface area contributed by atoms with Crippen LogP contribution in [0.5, 0.6) is 5.75 Å². The average molecular weight is 463 g/mol. The SMILES string of the molecule is Nc1nc2c(c3c1COC3)C[C@H](C(=O)NCCC[C@H]1Cc3ccc(C(F)(F)F)cc3O1)OC2. The lowest BCUT2D eigenvalue weighted by molar-refractivity contribution is -0.137. The fourth-order valence-corrected chi connectivity index (χ4v) is 4.63. The molecule has 4 heterocycles. The number of amides is 1. The molecule has 0 unspecified atom stereocenters. The maximum absolute atomic E-state index is 12.9. The van der Waals surface area contributed by atoms with E-state index in [0.717, 1.165) is 40.1 Å². The minimum atomic E-state index is -4.39. The molecule has 3 aliphatic heterocycles. The molecule has 0 saturated carbocycles. The van der Waals surface area contributed by atoms with Crippen LogP contribution in [0.2, 0.25) is 0 Å². The molecule has 2 atom stereocenters. The molecule has 3 N–H and O–H groups in total. The number of anilines is 1. The predicted octanol–water partition coefficient (Wildman–Crippen LogP) is 3.05. The molecule has 0 radical (unpaired) electrons. The lowest BCUT2D eigenvalue weighted by atomic mass is 9.95. The summed E-state index contributed by atoms with van der Waals surface area (Å²) in [6.45, 7) is 1.55. The Morgan fingerprint density at radius 2 is 1.97 bits per heavy atom. The Labute approximate surface area is 188 Å². The largest absolute Gasteiger partial charge is 0.490 e. The molecule has 0 aliphatic carbocycles. The van der Waals surface area contributed by atoms with Gasteiger partial charge in [0.05, 0.1) is 31.1 Å². The van der Waals surface area contributed by atoms with Gasteiger partial charge in [-0.3, -0.25) is 4.79 Å². The van der Waals surface area contributed by atoms with Crippen LogP contribution in [0.3, 0.4) is 0 Å². The van der Waals surface area contributed by atoms with Crippen LogP contribution in [-0.2, 0) is 53.1 Å². The molecule has 10 heteroatoms. The molecule has 176 valence electrons. The molecule has 0 fully saturated rings. The second-order valence-corrected chi connectivity index (χ2v) is 8.57. The van der Waals surface area contributed by atoms with E-state index in [2.05, 4.69) is 10.3 Å². The van der Waals surface area contributed by atoms with E-state index in [1.165, 1.54) is 6.07 Å². The monoisotopic (exact) mass is 463 g/mol. The number of benzene rings is 1. The maximum Gasteiger partial charge on any atom is 0.416 e. The smallest absolute Gasteiger partial charge is 0.416 e. The van der Waals surface area contributed by atoms with Gasteiger partial charge in [-0.1, -0.05) is 6.07 Å². The highest BCUT2D eigenvalue weighted by Gasteiger charge is 2.34. The average Bonchev–Trinajstić information content (AvgIpc) is 3.42. The number of nitrogen functional groups attached to an aromatic ring is 1. The number of alkyl halides is 3. The molecule has 1 aromatic heterocycles. The summed E-state index contributed by atoms with van der Waals surface area (Å²) in [6, 6.07) is 3.61. The Morgan fingerprint density at radius 1 is 1.15 bits per heavy atom. The van der Waals surface area contributed by atoms with Crippen molar-refractivity contribution >= 4 is 11.7 Å². The van der Waals surface area contributed by atoms with E-state index < -0.39 is 17.8 Å². The van der Waals surface area contributed by atoms with Gasteiger partial charge in [-0.05, 0) is 41.7 Å². The standard InChI is InChI=1S/C23H24F3N3O4/c24-23(25,26)13-4-3-12-6-14(33-19(12)7-13)2-1-5-28-22(30)20-8-15-16-9-31-10-17(16)21(27)29-18(15)11-32-20/h3-4,7,14,20H,1-2,5-6,8-11H2,(H2,27,29)(H,28,30)/t14-,20+/m0/s1. The summed E-state index contributed by atoms with van der Waals surface area (Å²) < 4.78 is 55.5. The minimum Gasteiger partial charge on any atom is -0.490 e. The van der Waals surface area contributed by atoms with Crippen LogP contribution >= 0.6 is 0 Å². The Kier molecular flexibility index (Phi) is 5.65. The molecule has 0 saturated heterocycles. The molecule has 3 aliphatic rings. The van der Waals surface area contributed by atoms with Crippen LogP contribution in [0.1, 0.15) is 46.4 Å². The number of aromatic nitrogens is 1. The van der Waals surface area contributed by atoms with Crippen LogP contribution in [0.4, 0.5) is 19.0 Å². The fraction of sp³-hybridized carbons (Fsp3) is 0.478. The topological polar surface area (TPSA) is 95.7 Å². The summed E-state index contributed by atoms with van der Waals surface area (Å²) in [5, 5.41) is 2.89. The third kappa shape index (κ3) is 4.37. The highest BCUT2D eigenvalue weighted by Crippen LogP contribution is 2.37. The van der Waals surface area contributed by atoms with Gasteiger partial charge in [-0.25, -0.2) is 4.98 Å². The first-order chi connectivity index (χ1) is 15.8. The van der Waals surface area contributed by atoms with Crippen LogP contribution in [0.25, 0.3) is 0 Å². The number of halogens is 3. The van der Waals surface area contributed by atoms with Crippen molar-refractivity contribution in [2.45, 2.75) is 63.9 Å². The number of carbonyl (C=O) groups excluding carboxylic acids is 1. The number of hydrogen-bond acceptors (Lipinski definition) is 6. The number of ether oxygens (including phenoxy) is 3. The highest BCUT2D eigenvalue weighted by atomic mass is 19.4. The van der Waals surface area contributed by atoms with Crippen molar-refractivity contribution in [3.05, 3.63) is 51.7 Å². The van der Waals surface area contributed by atoms with Gasteiger partial charge < -0.3 is 25.3 Å². The quantitative estimate of drug-likeness (QED) is 0.662. The summed E-state index contributed by atoms with van der Waals surface area (Å²) in [5.74, 6) is 0.549. The molecule has 0 spiro atoms. The van der Waals surface area contributed by atoms with Gasteiger partial charge in [0.15, 0.2) is 0 Å². The second kappa shape index (κ2) is 8.49. The zero-order valence-corrected chi connectivity index (χ0v) is 17.8. The van der Waals surface area contributed by atoms with Crippen LogP contribution in [0.15, 0.2) is 18.2 Å². The first kappa shape index (κ1) is 22.0. The maximum atomic E-state index is 12.9. The van der Waals surface area contributed by atoms with Crippen molar-refractivity contribution in [1.82, 2.24) is 10.3 Å². The van der Waals surface area contributed by atoms with Crippen LogP contribution < -0.4 is 15.8 Å². The summed E-state index contributed by atoms with van der Waals surface area (Å²) in [5.41, 5.74) is 9.71. The third-order valence-corrected chi connectivity index (χ3v) is 6.38. The van der Waals surface area contributed by atoms with Gasteiger partial charge in [0.25, 0.3) is 0 Å². The molecule has 33 heavy (non-hydrogen) atoms. The van der Waals surface area contributed by atoms with E-state index in [-0.39, 0.29) is 18.6 Å². The highest BCUT2D eigenvalue weighted by molar-refractivity contribution is 5.81. The number of rotatable bonds is 5. The molecule has 1 aromatic carbocycles. The molecule has 0 bridgehead atoms. The third-order valence-electron chi connectivity index (χ3n) is 6.38. The van der Waals surface area contributed by atoms with Crippen LogP contribution in [-0.4, -0.2) is 29.6 Å². The number of nitrogens with zero attached hydrogens (tertiary/aromatic N) is 1. The fourth-order valence-electron chi connectivity index (χ4n) is 4.63. The zero-order chi connectivity index (χ0) is 23.2. The lowest BCUT2D eigenvalue weighted by Gasteiger charge is -2.26. The molecule has 1 amide bonds. The number of nitrogens with two attached hydrogens (primary N) is 1. The Morgan fingerprint density at radius 3 is 2.79 bits per heavy atom. The van der Waals surface area contributed by atoms with Gasteiger partial charge in [-0.2, -0.15) is 13.2 Å². The zero-order valence-electron chi connectivity index (χ0n) is 17.8. The van der Waals surface area contributed by atoms with Gasteiger partial charge >= 0.3 is 6.18 Å². The molecule has 7 nitrogen and oxygen atoms in total. The normalized spacial score (nSPS) is 21.2. The summed E-state index contributed by atoms with van der Waals surface area (Å²) in [4.78, 5) is 17.0. The van der Waals surface area contributed by atoms with E-state index in [1.807, 2.05) is 0 Å². The van der Waals surface area contributed by atoms with Crippen molar-refractivity contribution in [3.8, 4) is 5.75 Å². The van der Waals surface area contributed by atoms with Crippen molar-refractivity contribution in [2.24, 2.45) is 0 Å². The number of nitrogens with one attached hydrogen (secondary N) is 1. The summed E-state index contributed by atoms with van der Waals surface area (Å²) >= 11 is 0. The Bertz CT molecular complexity index is 1090. The lowest BCUT2D eigenvalue weighted by Crippen LogP contribution is -2.41. The summed E-state index contributed by atoms with van der Waals surface area (Å²) in [7, 11) is 0. The van der Waals surface area contributed by atoms with E-state index in [4.69, 9.17) is 19.9 Å². The van der Waals surface area contributed by atoms with Gasteiger partial charge in [0, 0.05) is 24.9 Å². The van der Waals surface area contributed by atoms with Crippen molar-refractivity contribution in [3.63, 3.8) is 0 Å². The predicted molar refractivity (Wildman–Crippen MR) is 111 cm³/mol. The van der Waals surface area contributed by atoms with E-state index >= 15 is 0 Å². The molecule has 2 aromatic rings. The van der Waals surface area contributed by atoms with Crippen molar-refractivity contribution in [2.75, 3.05) is 12.3 Å². The number of pyridine rings is 1. The Balaban J connectivity index is 1.10. The first-order valence-corrected chi connectivity index (χ1v) is 10.9. The first-order valence-electron chi connectivity index (χ1n) is 10.9. The number of fused-ring (bicyclic) bond motifs is 4. The molecular formula is C23H24F3N3O4. The van der Waals surface area contributed by atoms with E-state index in [9.17, 15) is 18.0 Å². The van der Waals surface area contributed by atoms with Crippen LogP contribution in [0, 0.1) is 0 Å². The van der Waals surface area contributed by atoms with Crippen molar-refractivity contribution in [1.29, 1.82) is 0 Å². The number of hydrogen-bond donors (Lipinski definition) is 2. The minimum absolute atomic E-state index is 0.197. The van der Waals surface area contributed by atoms with Crippen molar-refractivity contribution < 1.29 is 32.2 Å². The molecule has 5 rings (SSSR count). The van der Waals surface area contributed by atoms with Gasteiger partial charge in [0.1, 0.15) is 23.8 Å². The second-order valence-electron chi connectivity index (χ2n) is 8.57. The summed E-state index contributed by atoms with van der Waals surface area (Å²) in [6.07, 6.45) is -2.95. The molecular weight excluding hydrogens is 439 g/mol. The van der Waals surface area contributed by atoms with E-state index in [0.29, 0.717) is 57.0 Å². The van der Waals surface area contributed by atoms with Gasteiger partial charge in [0.2, 0.25) is 5.91 Å². The number of carbonyl (C=O) groups is 1. The Hall–Kier alpha value is -2.85. The van der Waals surface area contributed by atoms with Gasteiger partial charge in [-0.15, -0.1) is 0 Å².